The highest BCUT2D eigenvalue weighted by Crippen LogP contribution is 2.21. The van der Waals surface area contributed by atoms with Crippen molar-refractivity contribution in [1.29, 1.82) is 0 Å². The molecule has 0 aliphatic rings. The third-order valence-electron chi connectivity index (χ3n) is 2.86. The molecule has 7 nitrogen and oxygen atoms in total. The van der Waals surface area contributed by atoms with Crippen molar-refractivity contribution in [3.8, 4) is 5.75 Å². The maximum Gasteiger partial charge on any atom is 0.339 e. The summed E-state index contributed by atoms with van der Waals surface area (Å²) < 4.78 is 5.20. The Bertz CT molecular complexity index is 504. The fourth-order valence-corrected chi connectivity index (χ4v) is 1.71. The molecule has 0 aliphatic carbocycles. The fourth-order valence-electron chi connectivity index (χ4n) is 1.71. The van der Waals surface area contributed by atoms with Crippen molar-refractivity contribution in [3.05, 3.63) is 23.8 Å². The first kappa shape index (κ1) is 16.8. The fraction of sp³-hybridized carbons (Fsp3) is 0.429. The maximum atomic E-state index is 12.1. The van der Waals surface area contributed by atoms with E-state index >= 15 is 0 Å². The summed E-state index contributed by atoms with van der Waals surface area (Å²) in [4.78, 5) is 24.5. The highest BCUT2D eigenvalue weighted by Gasteiger charge is 2.14. The SMILES string of the molecule is CCOCCN(CC)C(=O)Nc1ccc(O)c(C(=O)O)c1. The summed E-state index contributed by atoms with van der Waals surface area (Å²) in [5, 5.41) is 20.9. The highest BCUT2D eigenvalue weighted by atomic mass is 16.5. The van der Waals surface area contributed by atoms with Crippen LogP contribution >= 0.6 is 0 Å². The number of benzene rings is 1. The molecule has 0 bridgehead atoms. The molecular weight excluding hydrogens is 276 g/mol. The lowest BCUT2D eigenvalue weighted by molar-refractivity contribution is 0.0693. The summed E-state index contributed by atoms with van der Waals surface area (Å²) >= 11 is 0. The van der Waals surface area contributed by atoms with E-state index in [2.05, 4.69) is 5.32 Å². The molecule has 0 unspecified atom stereocenters. The number of hydrogen-bond acceptors (Lipinski definition) is 4. The molecule has 0 saturated carbocycles. The van der Waals surface area contributed by atoms with Crippen LogP contribution in [-0.4, -0.2) is 53.4 Å². The molecule has 2 amide bonds. The smallest absolute Gasteiger partial charge is 0.339 e. The van der Waals surface area contributed by atoms with Crippen molar-refractivity contribution in [2.45, 2.75) is 13.8 Å². The number of hydrogen-bond donors (Lipinski definition) is 3. The van der Waals surface area contributed by atoms with E-state index in [4.69, 9.17) is 9.84 Å². The summed E-state index contributed by atoms with van der Waals surface area (Å²) in [5.74, 6) is -1.60. The van der Waals surface area contributed by atoms with E-state index in [0.29, 0.717) is 32.0 Å². The Morgan fingerprint density at radius 2 is 2.05 bits per heavy atom. The van der Waals surface area contributed by atoms with Gasteiger partial charge in [0, 0.05) is 25.4 Å². The lowest BCUT2D eigenvalue weighted by atomic mass is 10.2. The van der Waals surface area contributed by atoms with Crippen molar-refractivity contribution in [1.82, 2.24) is 4.90 Å². The molecule has 0 fully saturated rings. The predicted molar refractivity (Wildman–Crippen MR) is 77.8 cm³/mol. The standard InChI is InChI=1S/C14H20N2O5/c1-3-16(7-8-21-4-2)14(20)15-10-5-6-12(17)11(9-10)13(18)19/h5-6,9,17H,3-4,7-8H2,1-2H3,(H,15,20)(H,18,19). The molecule has 0 radical (unpaired) electrons. The van der Waals surface area contributed by atoms with Crippen molar-refractivity contribution >= 4 is 17.7 Å². The number of urea groups is 1. The molecule has 0 saturated heterocycles. The molecule has 7 heteroatoms. The first-order valence-corrected chi connectivity index (χ1v) is 6.69. The zero-order valence-corrected chi connectivity index (χ0v) is 12.1. The van der Waals surface area contributed by atoms with Gasteiger partial charge in [-0.1, -0.05) is 0 Å². The highest BCUT2D eigenvalue weighted by molar-refractivity contribution is 5.95. The summed E-state index contributed by atoms with van der Waals surface area (Å²) in [6.45, 7) is 5.68. The van der Waals surface area contributed by atoms with Crippen molar-refractivity contribution < 1.29 is 24.5 Å². The van der Waals surface area contributed by atoms with E-state index in [1.54, 1.807) is 4.90 Å². The van der Waals surface area contributed by atoms with Crippen LogP contribution in [0.1, 0.15) is 24.2 Å². The van der Waals surface area contributed by atoms with Gasteiger partial charge in [-0.3, -0.25) is 0 Å². The van der Waals surface area contributed by atoms with Gasteiger partial charge in [0.1, 0.15) is 11.3 Å². The first-order valence-electron chi connectivity index (χ1n) is 6.69. The lowest BCUT2D eigenvalue weighted by Gasteiger charge is -2.21. The third-order valence-corrected chi connectivity index (χ3v) is 2.86. The number of amides is 2. The maximum absolute atomic E-state index is 12.1. The monoisotopic (exact) mass is 296 g/mol. The number of ether oxygens (including phenoxy) is 1. The Balaban J connectivity index is 2.72. The minimum atomic E-state index is -1.26. The van der Waals surface area contributed by atoms with E-state index in [1.807, 2.05) is 13.8 Å². The first-order chi connectivity index (χ1) is 9.99. The van der Waals surface area contributed by atoms with E-state index in [-0.39, 0.29) is 17.3 Å². The Hall–Kier alpha value is -2.28. The number of carbonyl (C=O) groups excluding carboxylic acids is 1. The van der Waals surface area contributed by atoms with Gasteiger partial charge < -0.3 is 25.2 Å². The van der Waals surface area contributed by atoms with E-state index in [0.717, 1.165) is 0 Å². The molecule has 21 heavy (non-hydrogen) atoms. The van der Waals surface area contributed by atoms with Crippen molar-refractivity contribution in [2.75, 3.05) is 31.6 Å². The second kappa shape index (κ2) is 8.11. The van der Waals surface area contributed by atoms with Crippen LogP contribution in [0.5, 0.6) is 5.75 Å². The summed E-state index contributed by atoms with van der Waals surface area (Å²) in [6.07, 6.45) is 0. The molecule has 1 aromatic rings. The number of aromatic carboxylic acids is 1. The second-order valence-electron chi connectivity index (χ2n) is 4.24. The largest absolute Gasteiger partial charge is 0.507 e. The number of anilines is 1. The third kappa shape index (κ3) is 4.96. The number of nitrogens with one attached hydrogen (secondary N) is 1. The van der Waals surface area contributed by atoms with Gasteiger partial charge in [0.25, 0.3) is 0 Å². The molecule has 1 aromatic carbocycles. The molecule has 0 spiro atoms. The van der Waals surface area contributed by atoms with Crippen LogP contribution < -0.4 is 5.32 Å². The van der Waals surface area contributed by atoms with Crippen LogP contribution in [0.15, 0.2) is 18.2 Å². The molecule has 0 heterocycles. The minimum Gasteiger partial charge on any atom is -0.507 e. The Kier molecular flexibility index (Phi) is 6.48. The molecule has 3 N–H and O–H groups in total. The van der Waals surface area contributed by atoms with Crippen LogP contribution in [0.4, 0.5) is 10.5 Å². The normalized spacial score (nSPS) is 10.2. The zero-order chi connectivity index (χ0) is 15.8. The number of nitrogens with zero attached hydrogens (tertiary/aromatic N) is 1. The van der Waals surface area contributed by atoms with Gasteiger partial charge in [-0.05, 0) is 32.0 Å². The molecule has 0 atom stereocenters. The number of rotatable bonds is 7. The van der Waals surface area contributed by atoms with Crippen molar-refractivity contribution in [3.63, 3.8) is 0 Å². The van der Waals surface area contributed by atoms with Gasteiger partial charge >= 0.3 is 12.0 Å². The zero-order valence-electron chi connectivity index (χ0n) is 12.1. The Labute approximate surface area is 123 Å². The molecule has 0 aromatic heterocycles. The molecule has 116 valence electrons. The van der Waals surface area contributed by atoms with Crippen LogP contribution in [-0.2, 0) is 4.74 Å². The van der Waals surface area contributed by atoms with Gasteiger partial charge in [0.05, 0.1) is 6.61 Å². The Morgan fingerprint density at radius 1 is 1.33 bits per heavy atom. The summed E-state index contributed by atoms with van der Waals surface area (Å²) in [5.41, 5.74) is 0.0511. The number of carboxylic acids is 1. The van der Waals surface area contributed by atoms with E-state index in [9.17, 15) is 14.7 Å². The molecule has 0 aliphatic heterocycles. The van der Waals surface area contributed by atoms with Gasteiger partial charge in [0.2, 0.25) is 0 Å². The number of likely N-dealkylation sites (N-methyl/N-ethyl adjacent to an activating group) is 1. The van der Waals surface area contributed by atoms with Gasteiger partial charge in [0.15, 0.2) is 0 Å². The number of aromatic hydroxyl groups is 1. The van der Waals surface area contributed by atoms with Crippen LogP contribution in [0.2, 0.25) is 0 Å². The Morgan fingerprint density at radius 3 is 2.62 bits per heavy atom. The van der Waals surface area contributed by atoms with E-state index in [1.165, 1.54) is 18.2 Å². The van der Waals surface area contributed by atoms with Gasteiger partial charge in [-0.25, -0.2) is 9.59 Å². The number of carbonyl (C=O) groups is 2. The van der Waals surface area contributed by atoms with Gasteiger partial charge in [-0.2, -0.15) is 0 Å². The molecular formula is C14H20N2O5. The summed E-state index contributed by atoms with van der Waals surface area (Å²) in [7, 11) is 0. The van der Waals surface area contributed by atoms with Crippen LogP contribution in [0, 0.1) is 0 Å². The van der Waals surface area contributed by atoms with E-state index < -0.39 is 5.97 Å². The van der Waals surface area contributed by atoms with Crippen molar-refractivity contribution in [2.24, 2.45) is 0 Å². The number of carboxylic acid groups (broad SMARTS) is 1. The lowest BCUT2D eigenvalue weighted by Crippen LogP contribution is -2.37. The van der Waals surface area contributed by atoms with Gasteiger partial charge in [-0.15, -0.1) is 0 Å². The summed E-state index contributed by atoms with van der Waals surface area (Å²) in [6, 6.07) is 3.54. The minimum absolute atomic E-state index is 0.259. The van der Waals surface area contributed by atoms with Crippen LogP contribution in [0.3, 0.4) is 0 Å². The quantitative estimate of drug-likeness (QED) is 0.528. The predicted octanol–water partition coefficient (Wildman–Crippen LogP) is 1.98. The average molecular weight is 296 g/mol. The second-order valence-corrected chi connectivity index (χ2v) is 4.24. The van der Waals surface area contributed by atoms with Crippen LogP contribution in [0.25, 0.3) is 0 Å². The molecule has 1 rings (SSSR count). The number of phenols is 1. The average Bonchev–Trinajstić information content (AvgIpc) is 2.45. The topological polar surface area (TPSA) is 99.1 Å².